The van der Waals surface area contributed by atoms with Crippen LogP contribution in [0.2, 0.25) is 0 Å². The van der Waals surface area contributed by atoms with E-state index in [9.17, 15) is 0 Å². The molecule has 4 N–H and O–H groups in total. The van der Waals surface area contributed by atoms with Gasteiger partial charge in [-0.05, 0) is 43.3 Å². The van der Waals surface area contributed by atoms with Gasteiger partial charge in [0.25, 0.3) is 6.02 Å². The summed E-state index contributed by atoms with van der Waals surface area (Å²) in [5.41, 5.74) is 6.51. The van der Waals surface area contributed by atoms with Crippen LogP contribution in [0.4, 0.5) is 17.6 Å². The van der Waals surface area contributed by atoms with Gasteiger partial charge >= 0.3 is 0 Å². The minimum atomic E-state index is -0.133. The molecule has 0 aliphatic carbocycles. The zero-order valence-corrected chi connectivity index (χ0v) is 16.9. The first-order chi connectivity index (χ1) is 15.1. The van der Waals surface area contributed by atoms with E-state index < -0.39 is 0 Å². The maximum Gasteiger partial charge on any atom is 0.285 e. The monoisotopic (exact) mass is 418 g/mol. The second-order valence-electron chi connectivity index (χ2n) is 6.26. The second-order valence-corrected chi connectivity index (χ2v) is 6.26. The van der Waals surface area contributed by atoms with E-state index in [1.165, 1.54) is 4.90 Å². The molecule has 158 valence electrons. The number of nitrogen functional groups attached to an aromatic ring is 1. The summed E-state index contributed by atoms with van der Waals surface area (Å²) in [6, 6.07) is 18.6. The smallest absolute Gasteiger partial charge is 0.285 e. The van der Waals surface area contributed by atoms with Crippen molar-refractivity contribution in [3.05, 3.63) is 60.4 Å². The fourth-order valence-corrected chi connectivity index (χ4v) is 2.56. The molecule has 2 aromatic carbocycles. The first-order valence-corrected chi connectivity index (χ1v) is 9.51. The Hall–Kier alpha value is -4.39. The first kappa shape index (κ1) is 21.3. The molecule has 10 heteroatoms. The highest BCUT2D eigenvalue weighted by molar-refractivity contribution is 5.70. The average Bonchev–Trinajstić information content (AvgIpc) is 2.77. The number of para-hydroxylation sites is 1. The molecule has 0 fully saturated rings. The van der Waals surface area contributed by atoms with Crippen molar-refractivity contribution in [1.29, 1.82) is 10.7 Å². The summed E-state index contributed by atoms with van der Waals surface area (Å²) in [4.78, 5) is 13.9. The van der Waals surface area contributed by atoms with Gasteiger partial charge in [-0.3, -0.25) is 5.41 Å². The van der Waals surface area contributed by atoms with Crippen LogP contribution in [0.5, 0.6) is 11.5 Å². The van der Waals surface area contributed by atoms with Crippen molar-refractivity contribution in [2.45, 2.75) is 13.5 Å². The highest BCUT2D eigenvalue weighted by Crippen LogP contribution is 2.23. The minimum absolute atomic E-state index is 0.0241. The van der Waals surface area contributed by atoms with Crippen LogP contribution in [0.1, 0.15) is 12.7 Å². The van der Waals surface area contributed by atoms with Crippen molar-refractivity contribution in [2.75, 3.05) is 24.1 Å². The number of aromatic nitrogens is 3. The van der Waals surface area contributed by atoms with Gasteiger partial charge in [0.1, 0.15) is 18.0 Å². The standard InChI is InChI=1S/C21H22N8O2/c1-2-29(13-12-22)20(24)30-14-18-26-19(23)28-21(27-18)25-15-8-10-17(11-9-15)31-16-6-4-3-5-7-16/h3-11,24H,2,13-14H2,1H3,(H3,23,25,26,27,28). The van der Waals surface area contributed by atoms with Crippen molar-refractivity contribution in [3.63, 3.8) is 0 Å². The van der Waals surface area contributed by atoms with Crippen LogP contribution in [0.15, 0.2) is 54.6 Å². The van der Waals surface area contributed by atoms with Crippen molar-refractivity contribution >= 4 is 23.6 Å². The summed E-state index contributed by atoms with van der Waals surface area (Å²) in [6.07, 6.45) is 0. The Balaban J connectivity index is 1.62. The molecule has 0 saturated heterocycles. The van der Waals surface area contributed by atoms with Gasteiger partial charge in [0.05, 0.1) is 6.07 Å². The molecule has 0 saturated carbocycles. The van der Waals surface area contributed by atoms with E-state index in [2.05, 4.69) is 20.3 Å². The maximum atomic E-state index is 8.80. The summed E-state index contributed by atoms with van der Waals surface area (Å²) in [5.74, 6) is 1.98. The SMILES string of the molecule is CCN(CC#N)C(=N)OCc1nc(N)nc(Nc2ccc(Oc3ccccc3)cc2)n1. The topological polar surface area (TPSA) is 146 Å². The number of anilines is 3. The summed E-state index contributed by atoms with van der Waals surface area (Å²) in [5, 5.41) is 19.8. The average molecular weight is 418 g/mol. The van der Waals surface area contributed by atoms with E-state index in [4.69, 9.17) is 25.9 Å². The number of amidine groups is 1. The van der Waals surface area contributed by atoms with E-state index >= 15 is 0 Å². The van der Waals surface area contributed by atoms with Crippen LogP contribution in [0.3, 0.4) is 0 Å². The largest absolute Gasteiger partial charge is 0.457 e. The molecule has 1 aromatic heterocycles. The molecule has 0 radical (unpaired) electrons. The third kappa shape index (κ3) is 6.30. The lowest BCUT2D eigenvalue weighted by molar-refractivity contribution is 0.221. The van der Waals surface area contributed by atoms with Crippen molar-refractivity contribution in [3.8, 4) is 17.6 Å². The first-order valence-electron chi connectivity index (χ1n) is 9.51. The third-order valence-corrected chi connectivity index (χ3v) is 4.06. The number of hydrogen-bond acceptors (Lipinski definition) is 9. The van der Waals surface area contributed by atoms with E-state index in [0.717, 1.165) is 11.4 Å². The van der Waals surface area contributed by atoms with Gasteiger partial charge in [0.2, 0.25) is 11.9 Å². The molecular weight excluding hydrogens is 396 g/mol. The Kier molecular flexibility index (Phi) is 7.16. The van der Waals surface area contributed by atoms with Crippen molar-refractivity contribution in [1.82, 2.24) is 19.9 Å². The molecule has 10 nitrogen and oxygen atoms in total. The molecule has 31 heavy (non-hydrogen) atoms. The second kappa shape index (κ2) is 10.4. The predicted molar refractivity (Wildman–Crippen MR) is 116 cm³/mol. The molecule has 1 heterocycles. The van der Waals surface area contributed by atoms with Crippen LogP contribution in [0.25, 0.3) is 0 Å². The van der Waals surface area contributed by atoms with Gasteiger partial charge < -0.3 is 25.4 Å². The van der Waals surface area contributed by atoms with Crippen LogP contribution in [-0.4, -0.2) is 39.0 Å². The van der Waals surface area contributed by atoms with E-state index in [1.807, 2.05) is 67.6 Å². The molecule has 0 aliphatic heterocycles. The Morgan fingerprint density at radius 1 is 1.10 bits per heavy atom. The lowest BCUT2D eigenvalue weighted by Crippen LogP contribution is -2.32. The molecule has 0 bridgehead atoms. The van der Waals surface area contributed by atoms with Crippen LogP contribution >= 0.6 is 0 Å². The number of nitrogens with two attached hydrogens (primary N) is 1. The Labute approximate surface area is 179 Å². The molecule has 0 amide bonds. The third-order valence-electron chi connectivity index (χ3n) is 4.06. The normalized spacial score (nSPS) is 10.1. The maximum absolute atomic E-state index is 8.80. The quantitative estimate of drug-likeness (QED) is 0.285. The molecule has 0 atom stereocenters. The molecule has 3 rings (SSSR count). The molecular formula is C21H22N8O2. The fraction of sp³-hybridized carbons (Fsp3) is 0.190. The number of hydrogen-bond donors (Lipinski definition) is 3. The molecule has 3 aromatic rings. The van der Waals surface area contributed by atoms with E-state index in [-0.39, 0.29) is 36.9 Å². The van der Waals surface area contributed by atoms with Gasteiger partial charge in [-0.15, -0.1) is 0 Å². The highest BCUT2D eigenvalue weighted by atomic mass is 16.5. The number of nitriles is 1. The number of nitrogens with one attached hydrogen (secondary N) is 2. The van der Waals surface area contributed by atoms with Gasteiger partial charge in [0.15, 0.2) is 12.4 Å². The van der Waals surface area contributed by atoms with E-state index in [1.54, 1.807) is 0 Å². The van der Waals surface area contributed by atoms with Crippen LogP contribution in [-0.2, 0) is 11.3 Å². The summed E-state index contributed by atoms with van der Waals surface area (Å²) in [7, 11) is 0. The Morgan fingerprint density at radius 2 is 1.81 bits per heavy atom. The number of rotatable bonds is 8. The molecule has 0 spiro atoms. The fourth-order valence-electron chi connectivity index (χ4n) is 2.56. The van der Waals surface area contributed by atoms with E-state index in [0.29, 0.717) is 12.3 Å². The highest BCUT2D eigenvalue weighted by Gasteiger charge is 2.11. The van der Waals surface area contributed by atoms with Gasteiger partial charge in [-0.25, -0.2) is 0 Å². The van der Waals surface area contributed by atoms with Gasteiger partial charge in [-0.2, -0.15) is 20.2 Å². The number of nitrogens with zero attached hydrogens (tertiary/aromatic N) is 5. The summed E-state index contributed by atoms with van der Waals surface area (Å²) in [6.45, 7) is 2.29. The van der Waals surface area contributed by atoms with Gasteiger partial charge in [-0.1, -0.05) is 18.2 Å². The summed E-state index contributed by atoms with van der Waals surface area (Å²) < 4.78 is 11.1. The van der Waals surface area contributed by atoms with Crippen molar-refractivity contribution in [2.24, 2.45) is 0 Å². The summed E-state index contributed by atoms with van der Waals surface area (Å²) >= 11 is 0. The van der Waals surface area contributed by atoms with Crippen molar-refractivity contribution < 1.29 is 9.47 Å². The predicted octanol–water partition coefficient (Wildman–Crippen LogP) is 3.29. The van der Waals surface area contributed by atoms with Crippen LogP contribution < -0.4 is 15.8 Å². The molecule has 0 aliphatic rings. The van der Waals surface area contributed by atoms with Crippen LogP contribution in [0, 0.1) is 16.7 Å². The number of ether oxygens (including phenoxy) is 2. The lowest BCUT2D eigenvalue weighted by Gasteiger charge is -2.19. The zero-order valence-electron chi connectivity index (χ0n) is 16.9. The Morgan fingerprint density at radius 3 is 2.48 bits per heavy atom. The molecule has 0 unspecified atom stereocenters. The number of benzene rings is 2. The van der Waals surface area contributed by atoms with Gasteiger partial charge in [0, 0.05) is 12.2 Å². The Bertz CT molecular complexity index is 1050. The zero-order chi connectivity index (χ0) is 22.1. The minimum Gasteiger partial charge on any atom is -0.457 e. The lowest BCUT2D eigenvalue weighted by atomic mass is 10.3.